The number of methoxy groups -OCH3 is 1. The quantitative estimate of drug-likeness (QED) is 0.677. The van der Waals surface area contributed by atoms with Gasteiger partial charge in [-0.1, -0.05) is 0 Å². The largest absolute Gasteiger partial charge is 0.453 e. The highest BCUT2D eigenvalue weighted by atomic mass is 16.5. The zero-order valence-electron chi connectivity index (χ0n) is 9.49. The maximum absolute atomic E-state index is 11.5. The van der Waals surface area contributed by atoms with Crippen LogP contribution in [0.5, 0.6) is 0 Å². The Bertz CT molecular complexity index is 323. The van der Waals surface area contributed by atoms with Crippen molar-refractivity contribution in [1.29, 1.82) is 0 Å². The molecule has 1 aromatic heterocycles. The summed E-state index contributed by atoms with van der Waals surface area (Å²) < 4.78 is 10.2. The Morgan fingerprint density at radius 1 is 1.50 bits per heavy atom. The molecular formula is C11H18N2O3. The topological polar surface area (TPSA) is 77.5 Å². The minimum absolute atomic E-state index is 0.195. The van der Waals surface area contributed by atoms with E-state index in [9.17, 15) is 4.79 Å². The first-order valence-corrected chi connectivity index (χ1v) is 5.34. The van der Waals surface area contributed by atoms with E-state index in [4.69, 9.17) is 14.9 Å². The maximum atomic E-state index is 11.5. The molecule has 1 aromatic rings. The lowest BCUT2D eigenvalue weighted by molar-refractivity contribution is 0.0916. The third-order valence-corrected chi connectivity index (χ3v) is 2.09. The lowest BCUT2D eigenvalue weighted by Crippen LogP contribution is -2.24. The first-order chi connectivity index (χ1) is 7.77. The number of carbonyl (C=O) groups is 1. The minimum atomic E-state index is -0.195. The number of rotatable bonds is 7. The summed E-state index contributed by atoms with van der Waals surface area (Å²) in [5, 5.41) is 2.76. The number of nitrogens with two attached hydrogens (primary N) is 1. The summed E-state index contributed by atoms with van der Waals surface area (Å²) >= 11 is 0. The predicted octanol–water partition coefficient (Wildman–Crippen LogP) is 0.895. The van der Waals surface area contributed by atoms with E-state index < -0.39 is 0 Å². The van der Waals surface area contributed by atoms with Crippen LogP contribution in [-0.2, 0) is 11.3 Å². The molecule has 0 fully saturated rings. The van der Waals surface area contributed by atoms with Gasteiger partial charge >= 0.3 is 0 Å². The van der Waals surface area contributed by atoms with Crippen LogP contribution in [0, 0.1) is 0 Å². The van der Waals surface area contributed by atoms with Crippen molar-refractivity contribution in [3.05, 3.63) is 23.7 Å². The number of furan rings is 1. The second-order valence-electron chi connectivity index (χ2n) is 3.45. The molecule has 0 spiro atoms. The number of nitrogens with one attached hydrogen (secondary N) is 1. The molecule has 3 N–H and O–H groups in total. The highest BCUT2D eigenvalue weighted by Crippen LogP contribution is 2.08. The summed E-state index contributed by atoms with van der Waals surface area (Å²) in [5.74, 6) is 0.772. The third-order valence-electron chi connectivity index (χ3n) is 2.09. The number of unbranched alkanes of at least 4 members (excludes halogenated alkanes) is 1. The third kappa shape index (κ3) is 4.04. The van der Waals surface area contributed by atoms with E-state index in [-0.39, 0.29) is 5.91 Å². The van der Waals surface area contributed by atoms with Crippen LogP contribution in [0.1, 0.15) is 29.2 Å². The van der Waals surface area contributed by atoms with Gasteiger partial charge in [0.25, 0.3) is 5.91 Å². The van der Waals surface area contributed by atoms with Crippen molar-refractivity contribution >= 4 is 5.91 Å². The summed E-state index contributed by atoms with van der Waals surface area (Å²) in [5.41, 5.74) is 5.35. The van der Waals surface area contributed by atoms with Crippen molar-refractivity contribution in [2.24, 2.45) is 5.73 Å². The molecular weight excluding hydrogens is 208 g/mol. The Balaban J connectivity index is 2.34. The molecule has 0 aliphatic rings. The summed E-state index contributed by atoms with van der Waals surface area (Å²) in [4.78, 5) is 11.5. The van der Waals surface area contributed by atoms with E-state index >= 15 is 0 Å². The number of hydrogen-bond donors (Lipinski definition) is 2. The van der Waals surface area contributed by atoms with Crippen molar-refractivity contribution in [2.45, 2.75) is 19.4 Å². The lowest BCUT2D eigenvalue weighted by Gasteiger charge is -2.01. The normalized spacial score (nSPS) is 10.4. The van der Waals surface area contributed by atoms with Gasteiger partial charge in [0.2, 0.25) is 0 Å². The van der Waals surface area contributed by atoms with Crippen LogP contribution >= 0.6 is 0 Å². The predicted molar refractivity (Wildman–Crippen MR) is 60.0 cm³/mol. The molecule has 5 nitrogen and oxygen atoms in total. The first-order valence-electron chi connectivity index (χ1n) is 5.34. The molecule has 1 heterocycles. The van der Waals surface area contributed by atoms with Gasteiger partial charge in [-0.3, -0.25) is 4.79 Å². The van der Waals surface area contributed by atoms with Gasteiger partial charge < -0.3 is 20.2 Å². The summed E-state index contributed by atoms with van der Waals surface area (Å²) in [6.07, 6.45) is 1.79. The molecule has 0 aliphatic carbocycles. The van der Waals surface area contributed by atoms with Gasteiger partial charge in [-0.2, -0.15) is 0 Å². The molecule has 0 unspecified atom stereocenters. The van der Waals surface area contributed by atoms with E-state index in [1.165, 1.54) is 0 Å². The molecule has 16 heavy (non-hydrogen) atoms. The molecule has 0 atom stereocenters. The van der Waals surface area contributed by atoms with Crippen LogP contribution in [0.15, 0.2) is 16.5 Å². The van der Waals surface area contributed by atoms with Gasteiger partial charge in [-0.15, -0.1) is 0 Å². The van der Waals surface area contributed by atoms with Gasteiger partial charge in [0.05, 0.1) is 0 Å². The average molecular weight is 226 g/mol. The number of ether oxygens (including phenoxy) is 1. The van der Waals surface area contributed by atoms with E-state index in [0.29, 0.717) is 31.2 Å². The molecule has 0 aromatic carbocycles. The number of amides is 1. The smallest absolute Gasteiger partial charge is 0.286 e. The average Bonchev–Trinajstić information content (AvgIpc) is 2.73. The van der Waals surface area contributed by atoms with Gasteiger partial charge in [0, 0.05) is 13.7 Å². The molecule has 0 saturated carbocycles. The second kappa shape index (κ2) is 7.03. The molecule has 0 radical (unpaired) electrons. The Hall–Kier alpha value is -1.33. The first kappa shape index (κ1) is 12.7. The monoisotopic (exact) mass is 226 g/mol. The summed E-state index contributed by atoms with van der Waals surface area (Å²) in [6, 6.07) is 3.38. The van der Waals surface area contributed by atoms with Crippen LogP contribution < -0.4 is 11.1 Å². The number of hydrogen-bond acceptors (Lipinski definition) is 4. The van der Waals surface area contributed by atoms with Crippen molar-refractivity contribution in [2.75, 3.05) is 20.2 Å². The highest BCUT2D eigenvalue weighted by Gasteiger charge is 2.09. The molecule has 90 valence electrons. The lowest BCUT2D eigenvalue weighted by atomic mass is 10.3. The standard InChI is InChI=1S/C11H18N2O3/c1-15-8-9-4-5-10(16-9)11(14)13-7-3-2-6-12/h4-5H,2-3,6-8,12H2,1H3,(H,13,14). The molecule has 1 rings (SSSR count). The van der Waals surface area contributed by atoms with Crippen molar-refractivity contribution < 1.29 is 13.9 Å². The fourth-order valence-electron chi connectivity index (χ4n) is 1.28. The van der Waals surface area contributed by atoms with Gasteiger partial charge in [-0.05, 0) is 31.5 Å². The van der Waals surface area contributed by atoms with Gasteiger partial charge in [0.15, 0.2) is 5.76 Å². The molecule has 0 aliphatic heterocycles. The van der Waals surface area contributed by atoms with Crippen molar-refractivity contribution in [1.82, 2.24) is 5.32 Å². The van der Waals surface area contributed by atoms with Gasteiger partial charge in [-0.25, -0.2) is 0 Å². The zero-order valence-corrected chi connectivity index (χ0v) is 9.49. The van der Waals surface area contributed by atoms with Crippen LogP contribution in [0.2, 0.25) is 0 Å². The van der Waals surface area contributed by atoms with Crippen LogP contribution in [0.25, 0.3) is 0 Å². The Morgan fingerprint density at radius 3 is 3.00 bits per heavy atom. The van der Waals surface area contributed by atoms with Crippen LogP contribution in [0.3, 0.4) is 0 Å². The minimum Gasteiger partial charge on any atom is -0.453 e. The fraction of sp³-hybridized carbons (Fsp3) is 0.545. The molecule has 1 amide bonds. The highest BCUT2D eigenvalue weighted by molar-refractivity contribution is 5.91. The van der Waals surface area contributed by atoms with Crippen LogP contribution in [0.4, 0.5) is 0 Å². The fourth-order valence-corrected chi connectivity index (χ4v) is 1.28. The van der Waals surface area contributed by atoms with Crippen molar-refractivity contribution in [3.8, 4) is 0 Å². The van der Waals surface area contributed by atoms with Crippen molar-refractivity contribution in [3.63, 3.8) is 0 Å². The SMILES string of the molecule is COCc1ccc(C(=O)NCCCCN)o1. The molecule has 0 saturated heterocycles. The molecule has 5 heteroatoms. The zero-order chi connectivity index (χ0) is 11.8. The Kier molecular flexibility index (Phi) is 5.60. The van der Waals surface area contributed by atoms with E-state index in [0.717, 1.165) is 12.8 Å². The Morgan fingerprint density at radius 2 is 2.31 bits per heavy atom. The Labute approximate surface area is 94.9 Å². The van der Waals surface area contributed by atoms with E-state index in [1.807, 2.05) is 0 Å². The maximum Gasteiger partial charge on any atom is 0.286 e. The number of carbonyl (C=O) groups excluding carboxylic acids is 1. The molecule has 0 bridgehead atoms. The second-order valence-corrected chi connectivity index (χ2v) is 3.45. The van der Waals surface area contributed by atoms with Gasteiger partial charge in [0.1, 0.15) is 12.4 Å². The van der Waals surface area contributed by atoms with E-state index in [2.05, 4.69) is 5.32 Å². The summed E-state index contributed by atoms with van der Waals surface area (Å²) in [7, 11) is 1.58. The van der Waals surface area contributed by atoms with E-state index in [1.54, 1.807) is 19.2 Å². The van der Waals surface area contributed by atoms with Crippen LogP contribution in [-0.4, -0.2) is 26.1 Å². The summed E-state index contributed by atoms with van der Waals surface area (Å²) in [6.45, 7) is 1.64.